The van der Waals surface area contributed by atoms with Crippen LogP contribution < -0.4 is 11.1 Å². The summed E-state index contributed by atoms with van der Waals surface area (Å²) in [6, 6.07) is 0. The maximum Gasteiger partial charge on any atom is 0.401 e. The molecule has 16 heavy (non-hydrogen) atoms. The highest BCUT2D eigenvalue weighted by Gasteiger charge is 2.48. The minimum Gasteiger partial charge on any atom is -0.368 e. The first-order chi connectivity index (χ1) is 7.32. The molecule has 2 atom stereocenters. The summed E-state index contributed by atoms with van der Waals surface area (Å²) in [6.07, 6.45) is -1.76. The Morgan fingerprint density at radius 1 is 1.56 bits per heavy atom. The second-order valence-electron chi connectivity index (χ2n) is 4.30. The van der Waals surface area contributed by atoms with Crippen molar-refractivity contribution in [1.29, 1.82) is 0 Å². The highest BCUT2D eigenvalue weighted by Crippen LogP contribution is 2.38. The van der Waals surface area contributed by atoms with E-state index in [4.69, 9.17) is 5.73 Å². The fourth-order valence-corrected chi connectivity index (χ4v) is 2.53. The Balaban J connectivity index is 2.77. The zero-order chi connectivity index (χ0) is 12.4. The molecule has 6 heteroatoms. The number of amides is 1. The van der Waals surface area contributed by atoms with E-state index in [2.05, 4.69) is 5.32 Å². The van der Waals surface area contributed by atoms with Crippen molar-refractivity contribution < 1.29 is 18.0 Å². The van der Waals surface area contributed by atoms with Gasteiger partial charge in [-0.2, -0.15) is 13.2 Å². The van der Waals surface area contributed by atoms with Crippen LogP contribution in [0.15, 0.2) is 0 Å². The third-order valence-electron chi connectivity index (χ3n) is 3.36. The largest absolute Gasteiger partial charge is 0.401 e. The van der Waals surface area contributed by atoms with Crippen LogP contribution in [0.3, 0.4) is 0 Å². The van der Waals surface area contributed by atoms with E-state index in [0.29, 0.717) is 12.8 Å². The van der Waals surface area contributed by atoms with Crippen LogP contribution >= 0.6 is 0 Å². The Hall–Kier alpha value is -0.780. The number of carbonyl (C=O) groups is 1. The molecule has 1 fully saturated rings. The minimum atomic E-state index is -4.32. The van der Waals surface area contributed by atoms with Crippen molar-refractivity contribution in [1.82, 2.24) is 5.32 Å². The number of rotatable bonds is 4. The van der Waals surface area contributed by atoms with Crippen molar-refractivity contribution in [2.24, 2.45) is 11.7 Å². The Morgan fingerprint density at radius 2 is 2.19 bits per heavy atom. The molecular formula is C10H17F3N2O. The second-order valence-corrected chi connectivity index (χ2v) is 4.30. The van der Waals surface area contributed by atoms with E-state index in [-0.39, 0.29) is 5.92 Å². The summed E-state index contributed by atoms with van der Waals surface area (Å²) in [6.45, 7) is 0.704. The van der Waals surface area contributed by atoms with Gasteiger partial charge < -0.3 is 5.73 Å². The molecule has 1 aliphatic rings. The Kier molecular flexibility index (Phi) is 3.83. The SMILES string of the molecule is CCC1CCCC1(NCC(F)(F)F)C(N)=O. The van der Waals surface area contributed by atoms with Gasteiger partial charge in [0.1, 0.15) is 5.54 Å². The lowest BCUT2D eigenvalue weighted by molar-refractivity contribution is -0.138. The molecule has 3 N–H and O–H groups in total. The van der Waals surface area contributed by atoms with E-state index in [1.807, 2.05) is 6.92 Å². The molecule has 1 saturated carbocycles. The number of alkyl halides is 3. The molecule has 1 amide bonds. The van der Waals surface area contributed by atoms with E-state index in [1.165, 1.54) is 0 Å². The predicted octanol–water partition coefficient (Wildman–Crippen LogP) is 1.57. The van der Waals surface area contributed by atoms with Gasteiger partial charge in [-0.1, -0.05) is 19.8 Å². The van der Waals surface area contributed by atoms with Gasteiger partial charge in [0, 0.05) is 0 Å². The van der Waals surface area contributed by atoms with E-state index in [0.717, 1.165) is 12.8 Å². The molecule has 94 valence electrons. The minimum absolute atomic E-state index is 0.0904. The van der Waals surface area contributed by atoms with E-state index in [1.54, 1.807) is 0 Å². The maximum atomic E-state index is 12.2. The van der Waals surface area contributed by atoms with E-state index >= 15 is 0 Å². The van der Waals surface area contributed by atoms with Crippen LogP contribution in [-0.4, -0.2) is 24.2 Å². The van der Waals surface area contributed by atoms with Crippen LogP contribution in [0, 0.1) is 5.92 Å². The van der Waals surface area contributed by atoms with Gasteiger partial charge in [0.15, 0.2) is 0 Å². The number of nitrogens with one attached hydrogen (secondary N) is 1. The number of halogens is 3. The van der Waals surface area contributed by atoms with Crippen LogP contribution in [0.2, 0.25) is 0 Å². The maximum absolute atomic E-state index is 12.2. The molecule has 1 rings (SSSR count). The number of carbonyl (C=O) groups excluding carboxylic acids is 1. The molecule has 2 unspecified atom stereocenters. The summed E-state index contributed by atoms with van der Waals surface area (Å²) in [5, 5.41) is 2.34. The molecule has 0 heterocycles. The molecule has 0 saturated heterocycles. The average molecular weight is 238 g/mol. The topological polar surface area (TPSA) is 55.1 Å². The monoisotopic (exact) mass is 238 g/mol. The second kappa shape index (κ2) is 4.61. The lowest BCUT2D eigenvalue weighted by atomic mass is 9.84. The van der Waals surface area contributed by atoms with Gasteiger partial charge in [-0.15, -0.1) is 0 Å². The molecule has 0 bridgehead atoms. The van der Waals surface area contributed by atoms with Crippen LogP contribution in [0.1, 0.15) is 32.6 Å². The van der Waals surface area contributed by atoms with Crippen LogP contribution in [-0.2, 0) is 4.79 Å². The molecule has 1 aliphatic carbocycles. The third-order valence-corrected chi connectivity index (χ3v) is 3.36. The molecule has 0 aromatic carbocycles. The van der Waals surface area contributed by atoms with Crippen molar-refractivity contribution in [3.05, 3.63) is 0 Å². The predicted molar refractivity (Wildman–Crippen MR) is 53.6 cm³/mol. The van der Waals surface area contributed by atoms with Crippen LogP contribution in [0.4, 0.5) is 13.2 Å². The summed E-state index contributed by atoms with van der Waals surface area (Å²) in [5.74, 6) is -0.756. The van der Waals surface area contributed by atoms with Gasteiger partial charge in [0.2, 0.25) is 5.91 Å². The van der Waals surface area contributed by atoms with Gasteiger partial charge in [-0.3, -0.25) is 10.1 Å². The average Bonchev–Trinajstić information content (AvgIpc) is 2.57. The zero-order valence-corrected chi connectivity index (χ0v) is 9.23. The highest BCUT2D eigenvalue weighted by molar-refractivity contribution is 5.85. The van der Waals surface area contributed by atoms with Crippen molar-refractivity contribution in [3.8, 4) is 0 Å². The molecular weight excluding hydrogens is 221 g/mol. The van der Waals surface area contributed by atoms with Crippen molar-refractivity contribution in [2.75, 3.05) is 6.54 Å². The van der Waals surface area contributed by atoms with Crippen molar-refractivity contribution in [2.45, 2.75) is 44.3 Å². The Morgan fingerprint density at radius 3 is 2.62 bits per heavy atom. The first-order valence-electron chi connectivity index (χ1n) is 5.43. The first kappa shape index (κ1) is 13.3. The summed E-state index contributed by atoms with van der Waals surface area (Å²) in [5.41, 5.74) is 4.10. The van der Waals surface area contributed by atoms with Gasteiger partial charge >= 0.3 is 6.18 Å². The highest BCUT2D eigenvalue weighted by atomic mass is 19.4. The molecule has 0 radical (unpaired) electrons. The van der Waals surface area contributed by atoms with Crippen molar-refractivity contribution >= 4 is 5.91 Å². The van der Waals surface area contributed by atoms with Crippen LogP contribution in [0.25, 0.3) is 0 Å². The summed E-state index contributed by atoms with van der Waals surface area (Å²) in [7, 11) is 0. The van der Waals surface area contributed by atoms with Gasteiger partial charge in [-0.05, 0) is 18.8 Å². The summed E-state index contributed by atoms with van der Waals surface area (Å²) in [4.78, 5) is 11.4. The van der Waals surface area contributed by atoms with Crippen molar-refractivity contribution in [3.63, 3.8) is 0 Å². The normalized spacial score (nSPS) is 30.6. The summed E-state index contributed by atoms with van der Waals surface area (Å²) >= 11 is 0. The lowest BCUT2D eigenvalue weighted by Gasteiger charge is -2.33. The molecule has 0 spiro atoms. The first-order valence-corrected chi connectivity index (χ1v) is 5.43. The standard InChI is InChI=1S/C10H17F3N2O/c1-2-7-4-3-5-9(7,8(14)16)15-6-10(11,12)13/h7,15H,2-6H2,1H3,(H2,14,16). The van der Waals surface area contributed by atoms with E-state index in [9.17, 15) is 18.0 Å². The number of hydrogen-bond donors (Lipinski definition) is 2. The van der Waals surface area contributed by atoms with Crippen LogP contribution in [0.5, 0.6) is 0 Å². The summed E-state index contributed by atoms with van der Waals surface area (Å²) < 4.78 is 36.5. The molecule has 0 aromatic heterocycles. The molecule has 3 nitrogen and oxygen atoms in total. The molecule has 0 aromatic rings. The zero-order valence-electron chi connectivity index (χ0n) is 9.23. The quantitative estimate of drug-likeness (QED) is 0.781. The van der Waals surface area contributed by atoms with E-state index < -0.39 is 24.2 Å². The van der Waals surface area contributed by atoms with Gasteiger partial charge in [0.05, 0.1) is 6.54 Å². The number of nitrogens with two attached hydrogens (primary N) is 1. The smallest absolute Gasteiger partial charge is 0.368 e. The number of primary amides is 1. The van der Waals surface area contributed by atoms with Gasteiger partial charge in [0.25, 0.3) is 0 Å². The number of hydrogen-bond acceptors (Lipinski definition) is 2. The Labute approximate surface area is 92.6 Å². The lowest BCUT2D eigenvalue weighted by Crippen LogP contribution is -2.59. The Bertz CT molecular complexity index is 267. The van der Waals surface area contributed by atoms with Gasteiger partial charge in [-0.25, -0.2) is 0 Å². The third kappa shape index (κ3) is 2.66. The fraction of sp³-hybridized carbons (Fsp3) is 0.900. The molecule has 0 aliphatic heterocycles. The fourth-order valence-electron chi connectivity index (χ4n) is 2.53.